The zero-order valence-electron chi connectivity index (χ0n) is 24.7. The molecule has 4 rings (SSSR count). The van der Waals surface area contributed by atoms with E-state index in [9.17, 15) is 19.5 Å². The van der Waals surface area contributed by atoms with E-state index in [1.54, 1.807) is 0 Å². The van der Waals surface area contributed by atoms with Crippen LogP contribution in [0.15, 0.2) is 30.3 Å². The first-order valence-corrected chi connectivity index (χ1v) is 14.5. The molecule has 8 nitrogen and oxygen atoms in total. The summed E-state index contributed by atoms with van der Waals surface area (Å²) in [7, 11) is 0. The molecule has 0 saturated carbocycles. The molecule has 3 fully saturated rings. The van der Waals surface area contributed by atoms with Crippen LogP contribution in [0.2, 0.25) is 0 Å². The molecule has 8 heteroatoms. The predicted octanol–water partition coefficient (Wildman–Crippen LogP) is 3.73. The first kappa shape index (κ1) is 29.5. The first-order valence-electron chi connectivity index (χ1n) is 14.5. The quantitative estimate of drug-likeness (QED) is 0.418. The van der Waals surface area contributed by atoms with Crippen LogP contribution >= 0.6 is 0 Å². The number of likely N-dealkylation sites (tertiary alicyclic amines) is 1. The highest BCUT2D eigenvalue weighted by atomic mass is 16.5. The average molecular weight is 542 g/mol. The number of hydrogen-bond donors (Lipinski definition) is 3. The molecule has 2 unspecified atom stereocenters. The van der Waals surface area contributed by atoms with Crippen molar-refractivity contribution in [3.05, 3.63) is 35.9 Å². The van der Waals surface area contributed by atoms with Crippen LogP contribution in [0.5, 0.6) is 0 Å². The highest BCUT2D eigenvalue weighted by Gasteiger charge is 2.79. The zero-order valence-corrected chi connectivity index (χ0v) is 24.7. The summed E-state index contributed by atoms with van der Waals surface area (Å²) in [5, 5.41) is 16.9. The lowest BCUT2D eigenvalue weighted by atomic mass is 9.65. The number of hydrogen-bond acceptors (Lipinski definition) is 5. The summed E-state index contributed by atoms with van der Waals surface area (Å²) in [6.45, 7) is 14.5. The minimum absolute atomic E-state index is 0.0303. The Morgan fingerprint density at radius 1 is 1.10 bits per heavy atom. The molecule has 0 radical (unpaired) electrons. The fourth-order valence-corrected chi connectivity index (χ4v) is 7.85. The van der Waals surface area contributed by atoms with E-state index in [1.165, 1.54) is 4.90 Å². The van der Waals surface area contributed by atoms with E-state index in [0.717, 1.165) is 18.4 Å². The van der Waals surface area contributed by atoms with Crippen LogP contribution < -0.4 is 10.6 Å². The molecule has 1 aromatic rings. The Balaban J connectivity index is 1.82. The standard InChI is InChI=1S/C31H47N3O5/c1-8-17-32-25(36)22-23-27(38)34(21(18-35)20-13-11-10-12-14-20)24(31(23)16-15-30(22,9-2)39-31)26(37)33-29(6,7)19-28(3,4)5/h10-14,21-24,35H,8-9,15-19H2,1-7H3,(H,32,36)(H,33,37)/t21-,22+,23+,24?,30-,31?/m1/s1. The second kappa shape index (κ2) is 10.5. The van der Waals surface area contributed by atoms with Gasteiger partial charge < -0.3 is 25.4 Å². The van der Waals surface area contributed by atoms with Crippen molar-refractivity contribution in [1.82, 2.24) is 15.5 Å². The SMILES string of the molecule is CCCNC(=O)[C@@H]1[C@H]2C(=O)N([C@H](CO)c3ccccc3)C(C(=O)NC(C)(C)CC(C)(C)C)C23CC[C@@]1(CC)O3. The van der Waals surface area contributed by atoms with Crippen molar-refractivity contribution >= 4 is 17.7 Å². The normalized spacial score (nSPS) is 30.8. The average Bonchev–Trinajstić information content (AvgIpc) is 3.46. The Morgan fingerprint density at radius 2 is 1.77 bits per heavy atom. The van der Waals surface area contributed by atoms with Crippen LogP contribution in [-0.4, -0.2) is 63.7 Å². The van der Waals surface area contributed by atoms with Crippen LogP contribution in [-0.2, 0) is 19.1 Å². The maximum Gasteiger partial charge on any atom is 0.246 e. The van der Waals surface area contributed by atoms with E-state index in [1.807, 2.05) is 58.0 Å². The fraction of sp³-hybridized carbons (Fsp3) is 0.710. The lowest BCUT2D eigenvalue weighted by Crippen LogP contribution is -2.60. The number of fused-ring (bicyclic) bond motifs is 1. The van der Waals surface area contributed by atoms with Crippen molar-refractivity contribution in [2.45, 2.75) is 109 Å². The van der Waals surface area contributed by atoms with Gasteiger partial charge in [-0.25, -0.2) is 0 Å². The second-order valence-electron chi connectivity index (χ2n) is 13.6. The molecule has 6 atom stereocenters. The van der Waals surface area contributed by atoms with E-state index in [4.69, 9.17) is 4.74 Å². The molecular formula is C31H47N3O5. The molecule has 39 heavy (non-hydrogen) atoms. The third kappa shape index (κ3) is 5.10. The molecule has 0 aromatic heterocycles. The number of aliphatic hydroxyl groups is 1. The van der Waals surface area contributed by atoms with Gasteiger partial charge in [0.25, 0.3) is 0 Å². The highest BCUT2D eigenvalue weighted by molar-refractivity contribution is 5.99. The molecule has 3 aliphatic rings. The van der Waals surface area contributed by atoms with Gasteiger partial charge in [0.05, 0.1) is 30.1 Å². The lowest BCUT2D eigenvalue weighted by molar-refractivity contribution is -0.152. The number of nitrogens with one attached hydrogen (secondary N) is 2. The third-order valence-electron chi connectivity index (χ3n) is 8.83. The predicted molar refractivity (Wildman–Crippen MR) is 150 cm³/mol. The van der Waals surface area contributed by atoms with E-state index in [0.29, 0.717) is 25.8 Å². The van der Waals surface area contributed by atoms with Crippen molar-refractivity contribution in [3.63, 3.8) is 0 Å². The Morgan fingerprint density at radius 3 is 2.33 bits per heavy atom. The summed E-state index contributed by atoms with van der Waals surface area (Å²) < 4.78 is 6.85. The number of ether oxygens (including phenoxy) is 1. The molecular weight excluding hydrogens is 494 g/mol. The Kier molecular flexibility index (Phi) is 7.96. The summed E-state index contributed by atoms with van der Waals surface area (Å²) in [6.07, 6.45) is 3.20. The van der Waals surface area contributed by atoms with Crippen LogP contribution in [0.25, 0.3) is 0 Å². The van der Waals surface area contributed by atoms with Gasteiger partial charge in [0.15, 0.2) is 0 Å². The van der Waals surface area contributed by atoms with Gasteiger partial charge in [-0.1, -0.05) is 65.0 Å². The molecule has 0 aliphatic carbocycles. The molecule has 216 valence electrons. The minimum Gasteiger partial charge on any atom is -0.394 e. The zero-order chi connectivity index (χ0) is 28.8. The highest BCUT2D eigenvalue weighted by Crippen LogP contribution is 2.65. The number of carbonyl (C=O) groups excluding carboxylic acids is 3. The molecule has 1 spiro atoms. The van der Waals surface area contributed by atoms with Crippen molar-refractivity contribution in [1.29, 1.82) is 0 Å². The molecule has 3 heterocycles. The first-order chi connectivity index (χ1) is 18.3. The number of amides is 3. The van der Waals surface area contributed by atoms with Gasteiger partial charge >= 0.3 is 0 Å². The van der Waals surface area contributed by atoms with E-state index in [-0.39, 0.29) is 29.7 Å². The van der Waals surface area contributed by atoms with Crippen LogP contribution in [0.4, 0.5) is 0 Å². The van der Waals surface area contributed by atoms with Gasteiger partial charge in [0.1, 0.15) is 11.6 Å². The third-order valence-corrected chi connectivity index (χ3v) is 8.83. The number of rotatable bonds is 10. The van der Waals surface area contributed by atoms with Crippen molar-refractivity contribution in [3.8, 4) is 0 Å². The lowest BCUT2D eigenvalue weighted by Gasteiger charge is -2.40. The summed E-state index contributed by atoms with van der Waals surface area (Å²) in [4.78, 5) is 44.0. The molecule has 3 aliphatic heterocycles. The summed E-state index contributed by atoms with van der Waals surface area (Å²) in [5.74, 6) is -2.25. The maximum absolute atomic E-state index is 14.5. The Hall–Kier alpha value is -2.45. The molecule has 1 aromatic carbocycles. The summed E-state index contributed by atoms with van der Waals surface area (Å²) in [6, 6.07) is 7.60. The van der Waals surface area contributed by atoms with E-state index >= 15 is 0 Å². The topological polar surface area (TPSA) is 108 Å². The Labute approximate surface area is 233 Å². The number of aliphatic hydroxyl groups excluding tert-OH is 1. The number of benzene rings is 1. The Bertz CT molecular complexity index is 1080. The molecule has 3 amide bonds. The minimum atomic E-state index is -1.13. The fourth-order valence-electron chi connectivity index (χ4n) is 7.85. The van der Waals surface area contributed by atoms with Crippen molar-refractivity contribution in [2.24, 2.45) is 17.3 Å². The van der Waals surface area contributed by atoms with Gasteiger partial charge in [-0.05, 0) is 56.9 Å². The van der Waals surface area contributed by atoms with Gasteiger partial charge in [-0.15, -0.1) is 0 Å². The van der Waals surface area contributed by atoms with Crippen LogP contribution in [0.1, 0.15) is 92.2 Å². The molecule has 3 saturated heterocycles. The van der Waals surface area contributed by atoms with Gasteiger partial charge in [-0.2, -0.15) is 0 Å². The van der Waals surface area contributed by atoms with Gasteiger partial charge in [0.2, 0.25) is 17.7 Å². The monoisotopic (exact) mass is 541 g/mol. The smallest absolute Gasteiger partial charge is 0.246 e. The van der Waals surface area contributed by atoms with E-state index < -0.39 is 40.7 Å². The van der Waals surface area contributed by atoms with Crippen molar-refractivity contribution < 1.29 is 24.2 Å². The number of carbonyl (C=O) groups is 3. The molecule has 2 bridgehead atoms. The van der Waals surface area contributed by atoms with Gasteiger partial charge in [-0.3, -0.25) is 14.4 Å². The maximum atomic E-state index is 14.5. The summed E-state index contributed by atoms with van der Waals surface area (Å²) >= 11 is 0. The van der Waals surface area contributed by atoms with Gasteiger partial charge in [0, 0.05) is 12.1 Å². The summed E-state index contributed by atoms with van der Waals surface area (Å²) in [5.41, 5.74) is -1.76. The van der Waals surface area contributed by atoms with Crippen LogP contribution in [0, 0.1) is 17.3 Å². The molecule has 3 N–H and O–H groups in total. The second-order valence-corrected chi connectivity index (χ2v) is 13.6. The number of nitrogens with zero attached hydrogens (tertiary/aromatic N) is 1. The van der Waals surface area contributed by atoms with E-state index in [2.05, 4.69) is 31.4 Å². The van der Waals surface area contributed by atoms with Crippen LogP contribution in [0.3, 0.4) is 0 Å². The largest absolute Gasteiger partial charge is 0.394 e. The van der Waals surface area contributed by atoms with Crippen molar-refractivity contribution in [2.75, 3.05) is 13.2 Å².